The summed E-state index contributed by atoms with van der Waals surface area (Å²) in [6.07, 6.45) is 1.66. The third-order valence-corrected chi connectivity index (χ3v) is 0.688. The van der Waals surface area contributed by atoms with E-state index in [9.17, 15) is 0 Å². The fourth-order valence-corrected chi connectivity index (χ4v) is 0.376. The molecule has 0 atom stereocenters. The van der Waals surface area contributed by atoms with Crippen molar-refractivity contribution in [2.75, 3.05) is 5.73 Å². The van der Waals surface area contributed by atoms with E-state index in [2.05, 4.69) is 4.98 Å². The van der Waals surface area contributed by atoms with E-state index in [4.69, 9.17) is 5.73 Å². The minimum Gasteiger partial charge on any atom is -0.384 e. The van der Waals surface area contributed by atoms with Crippen molar-refractivity contribution in [3.05, 3.63) is 24.4 Å². The minimum atomic E-state index is 0. The van der Waals surface area contributed by atoms with E-state index in [0.717, 1.165) is 0 Å². The molecule has 0 saturated heterocycles. The van der Waals surface area contributed by atoms with Gasteiger partial charge in [-0.15, -0.1) is 0 Å². The van der Waals surface area contributed by atoms with Gasteiger partial charge in [-0.25, -0.2) is 4.98 Å². The lowest BCUT2D eigenvalue weighted by molar-refractivity contribution is 1.11. The molecule has 0 aliphatic carbocycles. The lowest BCUT2D eigenvalue weighted by Gasteiger charge is -1.82. The average molecular weight is 114 g/mol. The van der Waals surface area contributed by atoms with Gasteiger partial charge in [0, 0.05) is 6.20 Å². The average Bonchev–Trinajstić information content (AvgIpc) is 1.69. The second kappa shape index (κ2) is 2.96. The number of hydrogen-bond acceptors (Lipinski definition) is 2. The molecule has 1 aromatic heterocycles. The van der Waals surface area contributed by atoms with Crippen molar-refractivity contribution in [2.24, 2.45) is 0 Å². The number of nitrogens with two attached hydrogens (primary N) is 1. The number of rotatable bonds is 0. The number of nitrogens with zero attached hydrogens (tertiary/aromatic N) is 1. The Morgan fingerprint density at radius 3 is 2.38 bits per heavy atom. The summed E-state index contributed by atoms with van der Waals surface area (Å²) in [6.45, 7) is 0. The van der Waals surface area contributed by atoms with Gasteiger partial charge in [-0.2, -0.15) is 0 Å². The summed E-state index contributed by atoms with van der Waals surface area (Å²) in [5, 5.41) is 0. The molecule has 0 spiro atoms. The molecule has 1 rings (SSSR count). The molecule has 8 heavy (non-hydrogen) atoms. The van der Waals surface area contributed by atoms with Crippen LogP contribution >= 0.6 is 0 Å². The van der Waals surface area contributed by atoms with Gasteiger partial charge >= 0.3 is 0 Å². The van der Waals surface area contributed by atoms with Gasteiger partial charge in [-0.05, 0) is 12.1 Å². The Morgan fingerprint density at radius 2 is 2.12 bits per heavy atom. The first kappa shape index (κ1) is 6.88. The monoisotopic (exact) mass is 114 g/mol. The molecule has 2 nitrogen and oxygen atoms in total. The number of pyridine rings is 1. The Morgan fingerprint density at radius 1 is 1.38 bits per heavy atom. The van der Waals surface area contributed by atoms with Crippen molar-refractivity contribution in [2.45, 2.75) is 0 Å². The molecule has 2 N–H and O–H groups in total. The molecule has 0 saturated carbocycles. The smallest absolute Gasteiger partial charge is 0.123 e. The van der Waals surface area contributed by atoms with Crippen LogP contribution in [0.5, 0.6) is 0 Å². The summed E-state index contributed by atoms with van der Waals surface area (Å²) in [4.78, 5) is 3.76. The minimum absolute atomic E-state index is 0. The SMILES string of the molecule is F.Nc1ccccn1. The van der Waals surface area contributed by atoms with Crippen LogP contribution in [0.4, 0.5) is 10.5 Å². The summed E-state index contributed by atoms with van der Waals surface area (Å²) < 4.78 is 0. The largest absolute Gasteiger partial charge is 0.384 e. The third kappa shape index (κ3) is 1.55. The maximum Gasteiger partial charge on any atom is 0.123 e. The molecule has 0 amide bonds. The number of hydrogen-bond donors (Lipinski definition) is 1. The van der Waals surface area contributed by atoms with Crippen LogP contribution in [-0.2, 0) is 0 Å². The van der Waals surface area contributed by atoms with Crippen LogP contribution < -0.4 is 5.73 Å². The summed E-state index contributed by atoms with van der Waals surface area (Å²) in [7, 11) is 0. The molecule has 0 unspecified atom stereocenters. The Kier molecular flexibility index (Phi) is 2.54. The normalized spacial score (nSPS) is 7.50. The molecule has 1 aromatic rings. The fourth-order valence-electron chi connectivity index (χ4n) is 0.376. The molecule has 3 heteroatoms. The van der Waals surface area contributed by atoms with Crippen LogP contribution in [0.15, 0.2) is 24.4 Å². The first-order chi connectivity index (χ1) is 3.39. The molecule has 0 aromatic carbocycles. The van der Waals surface area contributed by atoms with Crippen LogP contribution in [0.25, 0.3) is 0 Å². The molecule has 0 bridgehead atoms. The highest BCUT2D eigenvalue weighted by atomic mass is 19.0. The molecular weight excluding hydrogens is 107 g/mol. The van der Waals surface area contributed by atoms with Crippen LogP contribution in [0, 0.1) is 0 Å². The van der Waals surface area contributed by atoms with Gasteiger partial charge in [0.1, 0.15) is 5.82 Å². The second-order valence-electron chi connectivity index (χ2n) is 1.25. The fraction of sp³-hybridized carbons (Fsp3) is 0. The maximum absolute atomic E-state index is 5.25. The number of aromatic nitrogens is 1. The predicted octanol–water partition coefficient (Wildman–Crippen LogP) is 0.816. The van der Waals surface area contributed by atoms with Crippen LogP contribution in [0.3, 0.4) is 0 Å². The van der Waals surface area contributed by atoms with E-state index in [-0.39, 0.29) is 4.70 Å². The zero-order valence-corrected chi connectivity index (χ0v) is 4.24. The highest BCUT2D eigenvalue weighted by Crippen LogP contribution is 1.89. The summed E-state index contributed by atoms with van der Waals surface area (Å²) in [6, 6.07) is 5.43. The van der Waals surface area contributed by atoms with Crippen LogP contribution in [0.1, 0.15) is 0 Å². The second-order valence-corrected chi connectivity index (χ2v) is 1.25. The van der Waals surface area contributed by atoms with Gasteiger partial charge in [0.25, 0.3) is 0 Å². The van der Waals surface area contributed by atoms with Gasteiger partial charge < -0.3 is 5.73 Å². The van der Waals surface area contributed by atoms with Crippen molar-refractivity contribution in [3.8, 4) is 0 Å². The van der Waals surface area contributed by atoms with E-state index in [0.29, 0.717) is 5.82 Å². The topological polar surface area (TPSA) is 38.9 Å². The quantitative estimate of drug-likeness (QED) is 0.542. The lowest BCUT2D eigenvalue weighted by Crippen LogP contribution is -1.85. The Labute approximate surface area is 46.7 Å². The molecule has 0 fully saturated rings. The van der Waals surface area contributed by atoms with Crippen LogP contribution in [-0.4, -0.2) is 4.98 Å². The van der Waals surface area contributed by atoms with E-state index >= 15 is 0 Å². The molecule has 0 radical (unpaired) electrons. The van der Waals surface area contributed by atoms with Crippen molar-refractivity contribution in [1.29, 1.82) is 0 Å². The van der Waals surface area contributed by atoms with Crippen molar-refractivity contribution < 1.29 is 4.70 Å². The molecule has 1 heterocycles. The number of nitrogen functional groups attached to an aromatic ring is 1. The Bertz CT molecular complexity index is 140. The van der Waals surface area contributed by atoms with E-state index in [1.165, 1.54) is 0 Å². The predicted molar refractivity (Wildman–Crippen MR) is 31.2 cm³/mol. The Balaban J connectivity index is 0.000000490. The molecule has 0 aliphatic heterocycles. The zero-order chi connectivity index (χ0) is 5.11. The third-order valence-electron chi connectivity index (χ3n) is 0.688. The van der Waals surface area contributed by atoms with Gasteiger partial charge in [0.2, 0.25) is 0 Å². The van der Waals surface area contributed by atoms with Gasteiger partial charge in [-0.1, -0.05) is 6.07 Å². The molecule has 44 valence electrons. The van der Waals surface area contributed by atoms with Gasteiger partial charge in [0.05, 0.1) is 0 Å². The highest BCUT2D eigenvalue weighted by molar-refractivity contribution is 5.25. The zero-order valence-electron chi connectivity index (χ0n) is 4.24. The first-order valence-corrected chi connectivity index (χ1v) is 2.06. The van der Waals surface area contributed by atoms with E-state index in [1.54, 1.807) is 12.3 Å². The Hall–Kier alpha value is -1.12. The van der Waals surface area contributed by atoms with Crippen molar-refractivity contribution in [3.63, 3.8) is 0 Å². The molecule has 0 aliphatic rings. The van der Waals surface area contributed by atoms with E-state index in [1.807, 2.05) is 12.1 Å². The summed E-state index contributed by atoms with van der Waals surface area (Å²) in [5.74, 6) is 0.572. The first-order valence-electron chi connectivity index (χ1n) is 2.06. The van der Waals surface area contributed by atoms with Crippen molar-refractivity contribution in [1.82, 2.24) is 4.98 Å². The lowest BCUT2D eigenvalue weighted by atomic mass is 10.5. The van der Waals surface area contributed by atoms with Gasteiger partial charge in [-0.3, -0.25) is 4.70 Å². The van der Waals surface area contributed by atoms with Gasteiger partial charge in [0.15, 0.2) is 0 Å². The standard InChI is InChI=1S/C5H6N2.FH/c6-5-3-1-2-4-7-5;/h1-4H,(H2,6,7);1H. The summed E-state index contributed by atoms with van der Waals surface area (Å²) >= 11 is 0. The maximum atomic E-state index is 5.25. The molecular formula is C5H7FN2. The number of anilines is 1. The summed E-state index contributed by atoms with van der Waals surface area (Å²) in [5.41, 5.74) is 5.25. The van der Waals surface area contributed by atoms with Crippen molar-refractivity contribution >= 4 is 5.82 Å². The highest BCUT2D eigenvalue weighted by Gasteiger charge is 1.73. The number of halogens is 1. The van der Waals surface area contributed by atoms with Crippen LogP contribution in [0.2, 0.25) is 0 Å². The van der Waals surface area contributed by atoms with E-state index < -0.39 is 0 Å².